The Hall–Kier alpha value is -1.45. The number of hydrogen-bond acceptors (Lipinski definition) is 6. The third kappa shape index (κ3) is 4.80. The van der Waals surface area contributed by atoms with Crippen LogP contribution in [0.25, 0.3) is 0 Å². The molecular formula is C16H28N4O4S. The molecule has 1 aliphatic rings. The first-order valence-electron chi connectivity index (χ1n) is 8.72. The van der Waals surface area contributed by atoms with E-state index in [1.165, 1.54) is 20.3 Å². The molecule has 9 heteroatoms. The van der Waals surface area contributed by atoms with Gasteiger partial charge >= 0.3 is 0 Å². The molecule has 2 unspecified atom stereocenters. The second kappa shape index (κ2) is 8.29. The van der Waals surface area contributed by atoms with Gasteiger partial charge in [-0.25, -0.2) is 8.42 Å². The summed E-state index contributed by atoms with van der Waals surface area (Å²) >= 11 is 0. The molecule has 0 spiro atoms. The molecule has 142 valence electrons. The number of hydrogen-bond donors (Lipinski definition) is 3. The summed E-state index contributed by atoms with van der Waals surface area (Å²) in [6.45, 7) is 4.93. The first-order chi connectivity index (χ1) is 11.8. The summed E-state index contributed by atoms with van der Waals surface area (Å²) in [6, 6.07) is -1.05. The quantitative estimate of drug-likeness (QED) is 0.655. The van der Waals surface area contributed by atoms with Crippen molar-refractivity contribution in [3.8, 4) is 0 Å². The van der Waals surface area contributed by atoms with E-state index in [1.54, 1.807) is 6.92 Å². The highest BCUT2D eigenvalue weighted by Crippen LogP contribution is 2.26. The molecular weight excluding hydrogens is 344 g/mol. The molecule has 1 amide bonds. The Bertz CT molecular complexity index is 675. The molecule has 0 saturated heterocycles. The fraction of sp³-hybridized carbons (Fsp3) is 0.750. The summed E-state index contributed by atoms with van der Waals surface area (Å²) in [6.07, 6.45) is 5.59. The second-order valence-electron chi connectivity index (χ2n) is 6.75. The molecule has 2 atom stereocenters. The molecule has 0 bridgehead atoms. The third-order valence-corrected chi connectivity index (χ3v) is 6.55. The number of aryl methyl sites for hydroxylation is 2. The van der Waals surface area contributed by atoms with E-state index in [2.05, 4.69) is 15.2 Å². The topological polar surface area (TPSA) is 127 Å². The van der Waals surface area contributed by atoms with Crippen molar-refractivity contribution in [3.05, 3.63) is 11.5 Å². The lowest BCUT2D eigenvalue weighted by Gasteiger charge is -2.30. The molecule has 25 heavy (non-hydrogen) atoms. The molecule has 1 aromatic heterocycles. The number of amides is 1. The number of carbonyl (C=O) groups is 1. The zero-order chi connectivity index (χ0) is 18.6. The average Bonchev–Trinajstić information content (AvgIpc) is 2.92. The summed E-state index contributed by atoms with van der Waals surface area (Å²) in [4.78, 5) is 12.4. The molecule has 1 saturated carbocycles. The van der Waals surface area contributed by atoms with Crippen molar-refractivity contribution in [1.29, 1.82) is 0 Å². The lowest BCUT2D eigenvalue weighted by atomic mass is 9.84. The Labute approximate surface area is 148 Å². The smallest absolute Gasteiger partial charge is 0.246 e. The number of aromatic nitrogens is 1. The van der Waals surface area contributed by atoms with Crippen LogP contribution in [0.5, 0.6) is 0 Å². The van der Waals surface area contributed by atoms with Gasteiger partial charge in [-0.05, 0) is 39.5 Å². The number of nitrogens with zero attached hydrogens (tertiary/aromatic N) is 1. The molecule has 1 fully saturated rings. The zero-order valence-electron chi connectivity index (χ0n) is 15.0. The maximum Gasteiger partial charge on any atom is 0.246 e. The van der Waals surface area contributed by atoms with E-state index in [4.69, 9.17) is 10.3 Å². The fourth-order valence-corrected chi connectivity index (χ4v) is 4.95. The van der Waals surface area contributed by atoms with Crippen LogP contribution in [0.2, 0.25) is 0 Å². The molecule has 2 rings (SSSR count). The Morgan fingerprint density at radius 3 is 2.48 bits per heavy atom. The Morgan fingerprint density at radius 1 is 1.32 bits per heavy atom. The van der Waals surface area contributed by atoms with Crippen LogP contribution in [0.3, 0.4) is 0 Å². The van der Waals surface area contributed by atoms with E-state index in [0.29, 0.717) is 12.5 Å². The maximum absolute atomic E-state index is 12.5. The summed E-state index contributed by atoms with van der Waals surface area (Å²) in [7, 11) is -3.89. The van der Waals surface area contributed by atoms with Gasteiger partial charge in [-0.2, -0.15) is 4.72 Å². The van der Waals surface area contributed by atoms with Crippen molar-refractivity contribution < 1.29 is 17.7 Å². The molecule has 1 heterocycles. The average molecular weight is 372 g/mol. The Morgan fingerprint density at radius 2 is 1.96 bits per heavy atom. The van der Waals surface area contributed by atoms with Crippen LogP contribution < -0.4 is 15.8 Å². The predicted molar refractivity (Wildman–Crippen MR) is 93.3 cm³/mol. The van der Waals surface area contributed by atoms with Crippen LogP contribution in [0.15, 0.2) is 9.42 Å². The highest BCUT2D eigenvalue weighted by Gasteiger charge is 2.30. The van der Waals surface area contributed by atoms with Crippen LogP contribution in [0, 0.1) is 19.8 Å². The van der Waals surface area contributed by atoms with Gasteiger partial charge in [-0.1, -0.05) is 24.4 Å². The van der Waals surface area contributed by atoms with Crippen molar-refractivity contribution >= 4 is 15.9 Å². The molecule has 0 aromatic carbocycles. The normalized spacial score (nSPS) is 18.7. The minimum atomic E-state index is -3.89. The van der Waals surface area contributed by atoms with Crippen molar-refractivity contribution in [3.63, 3.8) is 0 Å². The van der Waals surface area contributed by atoms with Crippen LogP contribution in [-0.4, -0.2) is 38.1 Å². The van der Waals surface area contributed by atoms with Gasteiger partial charge in [0.25, 0.3) is 0 Å². The van der Waals surface area contributed by atoms with Gasteiger partial charge in [-0.3, -0.25) is 4.79 Å². The highest BCUT2D eigenvalue weighted by atomic mass is 32.2. The van der Waals surface area contributed by atoms with E-state index in [1.807, 2.05) is 0 Å². The van der Waals surface area contributed by atoms with Crippen LogP contribution in [0.4, 0.5) is 0 Å². The molecule has 0 radical (unpaired) electrons. The number of rotatable bonds is 7. The van der Waals surface area contributed by atoms with Crippen molar-refractivity contribution in [2.45, 2.75) is 69.9 Å². The number of nitrogens with one attached hydrogen (secondary N) is 2. The first-order valence-corrected chi connectivity index (χ1v) is 10.2. The Balaban J connectivity index is 2.01. The van der Waals surface area contributed by atoms with Gasteiger partial charge in [-0.15, -0.1) is 0 Å². The van der Waals surface area contributed by atoms with Gasteiger partial charge in [0, 0.05) is 12.6 Å². The van der Waals surface area contributed by atoms with E-state index in [0.717, 1.165) is 25.7 Å². The largest absolute Gasteiger partial charge is 0.360 e. The predicted octanol–water partition coefficient (Wildman–Crippen LogP) is 0.982. The standard InChI is InChI=1S/C16H28N4O4S/c1-10-15(12(3)24-19-10)25(22,23)20-11(2)16(21)18-14(9-17)13-7-5-4-6-8-13/h11,13-14,20H,4-9,17H2,1-3H3,(H,18,21). The number of sulfonamides is 1. The van der Waals surface area contributed by atoms with E-state index >= 15 is 0 Å². The summed E-state index contributed by atoms with van der Waals surface area (Å²) in [5.41, 5.74) is 6.09. The van der Waals surface area contributed by atoms with Crippen LogP contribution in [-0.2, 0) is 14.8 Å². The van der Waals surface area contributed by atoms with E-state index in [9.17, 15) is 13.2 Å². The number of nitrogens with two attached hydrogens (primary N) is 1. The zero-order valence-corrected chi connectivity index (χ0v) is 15.9. The summed E-state index contributed by atoms with van der Waals surface area (Å²) in [5.74, 6) is 0.171. The fourth-order valence-electron chi connectivity index (χ4n) is 3.42. The van der Waals surface area contributed by atoms with Crippen molar-refractivity contribution in [2.75, 3.05) is 6.54 Å². The monoisotopic (exact) mass is 372 g/mol. The lowest BCUT2D eigenvalue weighted by Crippen LogP contribution is -2.52. The Kier molecular flexibility index (Phi) is 6.59. The summed E-state index contributed by atoms with van der Waals surface area (Å²) in [5, 5.41) is 6.55. The van der Waals surface area contributed by atoms with Crippen LogP contribution >= 0.6 is 0 Å². The molecule has 0 aliphatic heterocycles. The van der Waals surface area contributed by atoms with Gasteiger partial charge in [0.15, 0.2) is 5.76 Å². The van der Waals surface area contributed by atoms with E-state index in [-0.39, 0.29) is 28.3 Å². The first kappa shape index (κ1) is 19.9. The van der Waals surface area contributed by atoms with Crippen molar-refractivity contribution in [2.24, 2.45) is 11.7 Å². The second-order valence-corrected chi connectivity index (χ2v) is 8.40. The molecule has 1 aromatic rings. The lowest BCUT2D eigenvalue weighted by molar-refractivity contribution is -0.123. The molecule has 1 aliphatic carbocycles. The van der Waals surface area contributed by atoms with Gasteiger partial charge in [0.1, 0.15) is 10.6 Å². The number of carbonyl (C=O) groups excluding carboxylic acids is 1. The van der Waals surface area contributed by atoms with E-state index < -0.39 is 16.1 Å². The van der Waals surface area contributed by atoms with Crippen LogP contribution in [0.1, 0.15) is 50.5 Å². The minimum Gasteiger partial charge on any atom is -0.360 e. The highest BCUT2D eigenvalue weighted by molar-refractivity contribution is 7.89. The van der Waals surface area contributed by atoms with Gasteiger partial charge in [0.2, 0.25) is 15.9 Å². The maximum atomic E-state index is 12.5. The van der Waals surface area contributed by atoms with Crippen molar-refractivity contribution in [1.82, 2.24) is 15.2 Å². The van der Waals surface area contributed by atoms with Gasteiger partial charge < -0.3 is 15.6 Å². The summed E-state index contributed by atoms with van der Waals surface area (Å²) < 4.78 is 32.3. The van der Waals surface area contributed by atoms with Gasteiger partial charge in [0.05, 0.1) is 6.04 Å². The minimum absolute atomic E-state index is 0.0187. The SMILES string of the molecule is Cc1noc(C)c1S(=O)(=O)NC(C)C(=O)NC(CN)C1CCCCC1. The molecule has 8 nitrogen and oxygen atoms in total. The molecule has 4 N–H and O–H groups in total. The third-order valence-electron chi connectivity index (χ3n) is 4.76.